The number of aryl methyl sites for hydroxylation is 1. The van der Waals surface area contributed by atoms with Gasteiger partial charge in [-0.15, -0.1) is 5.10 Å². The molecule has 0 saturated carbocycles. The Morgan fingerprint density at radius 3 is 2.50 bits per heavy atom. The number of rotatable bonds is 11. The van der Waals surface area contributed by atoms with E-state index in [1.807, 2.05) is 73.8 Å². The first-order chi connectivity index (χ1) is 25.0. The average molecular weight is 742 g/mol. The second-order valence-electron chi connectivity index (χ2n) is 14.1. The van der Waals surface area contributed by atoms with E-state index in [2.05, 4.69) is 10.3 Å². The number of aromatic nitrogens is 4. The molecule has 13 heteroatoms. The lowest BCUT2D eigenvalue weighted by molar-refractivity contribution is -0.146. The van der Waals surface area contributed by atoms with Crippen molar-refractivity contribution in [3.63, 3.8) is 0 Å². The normalized spacial score (nSPS) is 21.9. The fourth-order valence-corrected chi connectivity index (χ4v) is 10.8. The second-order valence-corrected chi connectivity index (χ2v) is 18.3. The van der Waals surface area contributed by atoms with Crippen LogP contribution in [0.3, 0.4) is 0 Å². The smallest absolute Gasteiger partial charge is 0.297 e. The minimum atomic E-state index is -3.40. The van der Waals surface area contributed by atoms with Gasteiger partial charge in [0.05, 0.1) is 43.7 Å². The Hall–Kier alpha value is -4.62. The largest absolute Gasteiger partial charge is 0.491 e. The van der Waals surface area contributed by atoms with E-state index in [1.165, 1.54) is 11.7 Å². The standard InChI is InChI=1S/C39H41ClFN5O5Si/c1-25-36(52(3,4)41)34(18-20-44-23-32(42-43-44)30(24-47)27-9-6-5-7-10-27)51-39(25)31-21-28(40)14-17-33(31)46(38(39)49)22-26-12-15-29(16-13-26)45-19-8-11-35(50-2)37(45)48/h5-17,19,21,23,25,30,34,36,47H,18,20,22,24H2,1-4H3/t25-,30?,34+,36-,39+/m1/s1. The van der Waals surface area contributed by atoms with Gasteiger partial charge in [0.2, 0.25) is 8.41 Å². The van der Waals surface area contributed by atoms with E-state index in [0.717, 1.165) is 11.1 Å². The molecule has 0 bridgehead atoms. The Bertz CT molecular complexity index is 2140. The van der Waals surface area contributed by atoms with Gasteiger partial charge in [-0.2, -0.15) is 0 Å². The zero-order chi connectivity index (χ0) is 36.8. The fourth-order valence-electron chi connectivity index (χ4n) is 8.12. The maximum Gasteiger partial charge on any atom is 0.297 e. The Balaban J connectivity index is 1.16. The fraction of sp³-hybridized carbons (Fsp3) is 0.333. The van der Waals surface area contributed by atoms with E-state index < -0.39 is 31.6 Å². The van der Waals surface area contributed by atoms with Crippen LogP contribution in [0, 0.1) is 5.92 Å². The number of carbonyl (C=O) groups is 1. The van der Waals surface area contributed by atoms with E-state index in [-0.39, 0.29) is 36.3 Å². The van der Waals surface area contributed by atoms with Crippen LogP contribution in [-0.4, -0.2) is 58.8 Å². The predicted molar refractivity (Wildman–Crippen MR) is 199 cm³/mol. The number of hydrogen-bond donors (Lipinski definition) is 1. The molecule has 5 atom stereocenters. The van der Waals surface area contributed by atoms with Crippen molar-refractivity contribution in [2.75, 3.05) is 18.6 Å². The molecule has 1 N–H and O–H groups in total. The molecule has 4 heterocycles. The van der Waals surface area contributed by atoms with Gasteiger partial charge in [0.15, 0.2) is 11.4 Å². The monoisotopic (exact) mass is 741 g/mol. The minimum absolute atomic E-state index is 0.120. The van der Waals surface area contributed by atoms with Crippen LogP contribution >= 0.6 is 11.6 Å². The molecule has 2 aliphatic rings. The molecule has 1 unspecified atom stereocenters. The van der Waals surface area contributed by atoms with Gasteiger partial charge in [0, 0.05) is 46.7 Å². The van der Waals surface area contributed by atoms with Crippen molar-refractivity contribution in [2.45, 2.75) is 62.7 Å². The van der Waals surface area contributed by atoms with Gasteiger partial charge >= 0.3 is 0 Å². The van der Waals surface area contributed by atoms with Gasteiger partial charge in [-0.3, -0.25) is 18.8 Å². The van der Waals surface area contributed by atoms with Crippen LogP contribution in [0.4, 0.5) is 9.80 Å². The summed E-state index contributed by atoms with van der Waals surface area (Å²) in [6, 6.07) is 25.7. The lowest BCUT2D eigenvalue weighted by atomic mass is 9.82. The first kappa shape index (κ1) is 35.8. The lowest BCUT2D eigenvalue weighted by Gasteiger charge is -2.31. The highest BCUT2D eigenvalue weighted by Gasteiger charge is 2.66. The third-order valence-electron chi connectivity index (χ3n) is 10.6. The van der Waals surface area contributed by atoms with Crippen molar-refractivity contribution in [2.24, 2.45) is 5.92 Å². The number of nitrogens with zero attached hydrogens (tertiary/aromatic N) is 5. The molecule has 7 rings (SSSR count). The summed E-state index contributed by atoms with van der Waals surface area (Å²) in [6.07, 6.45) is 3.31. The highest BCUT2D eigenvalue weighted by Crippen LogP contribution is 2.60. The number of halogens is 2. The second kappa shape index (κ2) is 14.1. The number of methoxy groups -OCH3 is 1. The average Bonchev–Trinajstić information content (AvgIpc) is 3.79. The highest BCUT2D eigenvalue weighted by atomic mass is 35.5. The number of anilines is 1. The van der Waals surface area contributed by atoms with E-state index in [9.17, 15) is 14.7 Å². The minimum Gasteiger partial charge on any atom is -0.491 e. The summed E-state index contributed by atoms with van der Waals surface area (Å²) in [4.78, 5) is 29.3. The number of ether oxygens (including phenoxy) is 2. The van der Waals surface area contributed by atoms with Gasteiger partial charge in [-0.25, -0.2) is 0 Å². The van der Waals surface area contributed by atoms with Crippen molar-refractivity contribution in [1.82, 2.24) is 19.6 Å². The zero-order valence-corrected chi connectivity index (χ0v) is 31.2. The SMILES string of the molecule is COc1cccn(-c2ccc(CN3C(=O)[C@@]4(O[C@@H](CCn5cc(C(CO)c6ccccc6)nn5)[C@H]([Si](C)(C)F)[C@H]4C)c4cc(Cl)ccc43)cc2)c1=O. The summed E-state index contributed by atoms with van der Waals surface area (Å²) in [5.74, 6) is -0.826. The third-order valence-corrected chi connectivity index (χ3v) is 13.2. The number of pyridine rings is 1. The van der Waals surface area contributed by atoms with Crippen molar-refractivity contribution < 1.29 is 23.5 Å². The Kier molecular flexibility index (Phi) is 9.68. The number of hydrogen-bond acceptors (Lipinski definition) is 7. The molecule has 5 aromatic rings. The number of carbonyl (C=O) groups excluding carboxylic acids is 1. The maximum atomic E-state index is 16.4. The molecule has 1 fully saturated rings. The number of fused-ring (bicyclic) bond motifs is 2. The topological polar surface area (TPSA) is 112 Å². The van der Waals surface area contributed by atoms with Gasteiger partial charge in [0.1, 0.15) is 0 Å². The number of benzene rings is 3. The Labute approximate surface area is 307 Å². The van der Waals surface area contributed by atoms with Crippen molar-refractivity contribution >= 4 is 31.6 Å². The molecule has 0 aliphatic carbocycles. The molecule has 2 aromatic heterocycles. The Morgan fingerprint density at radius 1 is 1.06 bits per heavy atom. The van der Waals surface area contributed by atoms with E-state index in [0.29, 0.717) is 40.6 Å². The summed E-state index contributed by atoms with van der Waals surface area (Å²) in [5, 5.41) is 19.3. The van der Waals surface area contributed by atoms with Gasteiger partial charge in [0.25, 0.3) is 11.5 Å². The van der Waals surface area contributed by atoms with Gasteiger partial charge < -0.3 is 23.6 Å². The maximum absolute atomic E-state index is 16.4. The molecule has 1 amide bonds. The summed E-state index contributed by atoms with van der Waals surface area (Å²) in [7, 11) is -1.94. The summed E-state index contributed by atoms with van der Waals surface area (Å²) >= 11 is 6.56. The molecule has 270 valence electrons. The van der Waals surface area contributed by atoms with Crippen LogP contribution in [0.1, 0.15) is 41.6 Å². The van der Waals surface area contributed by atoms with E-state index in [4.69, 9.17) is 21.1 Å². The van der Waals surface area contributed by atoms with E-state index >= 15 is 4.11 Å². The van der Waals surface area contributed by atoms with Crippen LogP contribution in [0.2, 0.25) is 23.7 Å². The summed E-state index contributed by atoms with van der Waals surface area (Å²) in [5.41, 5.74) is 2.17. The van der Waals surface area contributed by atoms with Crippen LogP contribution in [0.15, 0.2) is 102 Å². The number of aliphatic hydroxyl groups is 1. The molecule has 1 spiro atoms. The molecule has 3 aromatic carbocycles. The van der Waals surface area contributed by atoms with Crippen LogP contribution in [-0.2, 0) is 28.2 Å². The number of amides is 1. The molecule has 0 radical (unpaired) electrons. The Morgan fingerprint density at radius 2 is 1.81 bits per heavy atom. The van der Waals surface area contributed by atoms with Crippen LogP contribution in [0.5, 0.6) is 5.75 Å². The van der Waals surface area contributed by atoms with Crippen molar-refractivity contribution in [3.05, 3.63) is 135 Å². The lowest BCUT2D eigenvalue weighted by Crippen LogP contribution is -2.45. The van der Waals surface area contributed by atoms with Gasteiger partial charge in [-0.05, 0) is 73.1 Å². The first-order valence-corrected chi connectivity index (χ1v) is 20.7. The van der Waals surface area contributed by atoms with Crippen LogP contribution < -0.4 is 15.2 Å². The third kappa shape index (κ3) is 6.27. The van der Waals surface area contributed by atoms with Crippen molar-refractivity contribution in [1.29, 1.82) is 0 Å². The molecule has 2 aliphatic heterocycles. The number of aliphatic hydroxyl groups excluding tert-OH is 1. The summed E-state index contributed by atoms with van der Waals surface area (Å²) < 4.78 is 31.7. The molecule has 52 heavy (non-hydrogen) atoms. The van der Waals surface area contributed by atoms with Gasteiger partial charge in [-0.1, -0.05) is 66.2 Å². The van der Waals surface area contributed by atoms with Crippen LogP contribution in [0.25, 0.3) is 5.69 Å². The highest BCUT2D eigenvalue weighted by molar-refractivity contribution is 6.72. The molecule has 10 nitrogen and oxygen atoms in total. The molecule has 1 saturated heterocycles. The molecular weight excluding hydrogens is 701 g/mol. The first-order valence-electron chi connectivity index (χ1n) is 17.4. The predicted octanol–water partition coefficient (Wildman–Crippen LogP) is 6.63. The summed E-state index contributed by atoms with van der Waals surface area (Å²) in [6.45, 7) is 5.77. The molecular formula is C39H41ClFN5O5Si. The quantitative estimate of drug-likeness (QED) is 0.120. The zero-order valence-electron chi connectivity index (χ0n) is 29.4. The van der Waals surface area contributed by atoms with Crippen molar-refractivity contribution in [3.8, 4) is 11.4 Å². The van der Waals surface area contributed by atoms with E-state index in [1.54, 1.807) is 53.1 Å².